The fourth-order valence-corrected chi connectivity index (χ4v) is 3.85. The minimum atomic E-state index is -1.11. The molecule has 0 amide bonds. The lowest BCUT2D eigenvalue weighted by atomic mass is 9.96. The summed E-state index contributed by atoms with van der Waals surface area (Å²) >= 11 is 3.35. The van der Waals surface area contributed by atoms with E-state index in [2.05, 4.69) is 36.1 Å². The molecule has 3 N–H and O–H groups in total. The normalized spacial score (nSPS) is 14.8. The summed E-state index contributed by atoms with van der Waals surface area (Å²) in [5.74, 6) is -0.803. The molecule has 3 heterocycles. The van der Waals surface area contributed by atoms with Crippen LogP contribution in [0.25, 0.3) is 0 Å². The first-order chi connectivity index (χ1) is 14.3. The summed E-state index contributed by atoms with van der Waals surface area (Å²) in [4.78, 5) is 22.4. The lowest BCUT2D eigenvalue weighted by Crippen LogP contribution is -2.38. The van der Waals surface area contributed by atoms with Gasteiger partial charge < -0.3 is 25.5 Å². The van der Waals surface area contributed by atoms with E-state index < -0.39 is 5.97 Å². The van der Waals surface area contributed by atoms with Crippen LogP contribution in [0.4, 0.5) is 17.2 Å². The van der Waals surface area contributed by atoms with Crippen molar-refractivity contribution < 1.29 is 14.6 Å². The molecule has 0 aromatic carbocycles. The van der Waals surface area contributed by atoms with E-state index in [-0.39, 0.29) is 17.7 Å². The number of nitrogens with one attached hydrogen (secondary N) is 2. The number of nitrogens with zero attached hydrogens (tertiary/aromatic N) is 3. The molecule has 1 saturated heterocycles. The van der Waals surface area contributed by atoms with Crippen molar-refractivity contribution in [2.75, 3.05) is 30.4 Å². The van der Waals surface area contributed by atoms with Gasteiger partial charge in [-0.25, -0.2) is 14.8 Å². The maximum absolute atomic E-state index is 11.8. The molecule has 1 aliphatic heterocycles. The molecule has 9 heteroatoms. The van der Waals surface area contributed by atoms with Crippen molar-refractivity contribution in [1.29, 1.82) is 5.41 Å². The minimum Gasteiger partial charge on any atom is -0.477 e. The first-order valence-corrected chi connectivity index (χ1v) is 10.6. The lowest BCUT2D eigenvalue weighted by Gasteiger charge is -2.35. The van der Waals surface area contributed by atoms with E-state index in [1.807, 2.05) is 13.8 Å². The third-order valence-electron chi connectivity index (χ3n) is 5.17. The first kappa shape index (κ1) is 22.2. The summed E-state index contributed by atoms with van der Waals surface area (Å²) in [6, 6.07) is 5.13. The predicted octanol–water partition coefficient (Wildman–Crippen LogP) is 4.32. The van der Waals surface area contributed by atoms with Gasteiger partial charge >= 0.3 is 5.97 Å². The molecule has 3 rings (SSSR count). The zero-order chi connectivity index (χ0) is 21.8. The van der Waals surface area contributed by atoms with Crippen LogP contribution in [-0.2, 0) is 4.74 Å². The van der Waals surface area contributed by atoms with Crippen molar-refractivity contribution in [2.45, 2.75) is 32.8 Å². The Kier molecular flexibility index (Phi) is 7.04. The third kappa shape index (κ3) is 4.96. The van der Waals surface area contributed by atoms with Crippen molar-refractivity contribution in [1.82, 2.24) is 9.97 Å². The number of anilines is 3. The zero-order valence-electron chi connectivity index (χ0n) is 17.3. The van der Waals surface area contributed by atoms with Gasteiger partial charge in [-0.05, 0) is 52.9 Å². The Morgan fingerprint density at radius 2 is 2.07 bits per heavy atom. The van der Waals surface area contributed by atoms with Crippen LogP contribution >= 0.6 is 15.9 Å². The van der Waals surface area contributed by atoms with Crippen LogP contribution in [0.2, 0.25) is 0 Å². The topological polar surface area (TPSA) is 111 Å². The summed E-state index contributed by atoms with van der Waals surface area (Å²) < 4.78 is 6.11. The summed E-state index contributed by atoms with van der Waals surface area (Å²) in [5.41, 5.74) is 2.38. The Bertz CT molecular complexity index is 942. The Hall–Kier alpha value is -2.52. The highest BCUT2D eigenvalue weighted by atomic mass is 79.9. The van der Waals surface area contributed by atoms with Crippen molar-refractivity contribution in [3.05, 3.63) is 40.3 Å². The molecule has 160 valence electrons. The number of pyridine rings is 2. The second kappa shape index (κ2) is 9.53. The molecule has 0 radical (unpaired) electrons. The van der Waals surface area contributed by atoms with Crippen LogP contribution in [0.3, 0.4) is 0 Å². The van der Waals surface area contributed by atoms with Gasteiger partial charge in [-0.2, -0.15) is 0 Å². The van der Waals surface area contributed by atoms with Gasteiger partial charge in [0.15, 0.2) is 5.69 Å². The van der Waals surface area contributed by atoms with E-state index in [0.717, 1.165) is 25.9 Å². The molecular formula is C21H26BrN5O3. The Morgan fingerprint density at radius 3 is 2.63 bits per heavy atom. The Morgan fingerprint density at radius 1 is 1.37 bits per heavy atom. The number of aromatic carboxylic acids is 1. The average molecular weight is 476 g/mol. The van der Waals surface area contributed by atoms with Gasteiger partial charge in [0.25, 0.3) is 0 Å². The monoisotopic (exact) mass is 475 g/mol. The number of hydrogen-bond donors (Lipinski definition) is 3. The molecule has 0 aliphatic carbocycles. The van der Waals surface area contributed by atoms with E-state index in [1.54, 1.807) is 31.5 Å². The molecule has 30 heavy (non-hydrogen) atoms. The minimum absolute atomic E-state index is 0.0533. The molecule has 0 atom stereocenters. The zero-order valence-corrected chi connectivity index (χ0v) is 18.9. The van der Waals surface area contributed by atoms with Crippen LogP contribution in [0.1, 0.15) is 42.7 Å². The first-order valence-electron chi connectivity index (χ1n) is 9.83. The fourth-order valence-electron chi connectivity index (χ4n) is 3.48. The van der Waals surface area contributed by atoms with Gasteiger partial charge in [0.2, 0.25) is 0 Å². The van der Waals surface area contributed by atoms with Gasteiger partial charge in [0.1, 0.15) is 10.4 Å². The smallest absolute Gasteiger partial charge is 0.354 e. The van der Waals surface area contributed by atoms with Gasteiger partial charge in [0.05, 0.1) is 17.4 Å². The summed E-state index contributed by atoms with van der Waals surface area (Å²) in [5, 5.41) is 21.6. The van der Waals surface area contributed by atoms with E-state index in [4.69, 9.17) is 10.1 Å². The quantitative estimate of drug-likeness (QED) is 0.403. The Labute approximate surface area is 184 Å². The summed E-state index contributed by atoms with van der Waals surface area (Å²) in [7, 11) is 1.71. The molecule has 0 bridgehead atoms. The van der Waals surface area contributed by atoms with Crippen LogP contribution in [0.5, 0.6) is 0 Å². The Balaban J connectivity index is 2.12. The van der Waals surface area contributed by atoms with Gasteiger partial charge in [-0.1, -0.05) is 13.8 Å². The van der Waals surface area contributed by atoms with E-state index in [0.29, 0.717) is 33.1 Å². The van der Waals surface area contributed by atoms with Crippen LogP contribution in [0.15, 0.2) is 29.0 Å². The third-order valence-corrected chi connectivity index (χ3v) is 5.60. The number of piperidine rings is 1. The largest absolute Gasteiger partial charge is 0.477 e. The standard InChI is InChI=1S/C21H26BrN5O3/c1-12(2)19(23)18-16(27-8-5-14(30-3)6-9-27)11-15(21(28)29)26-20(18)25-13-4-7-24-17(22)10-13/h4,7,10-12,14,23H,5-6,8-9H2,1-3H3,(H,28,29)(H,24,25,26). The molecule has 2 aromatic rings. The van der Waals surface area contributed by atoms with E-state index in [9.17, 15) is 9.90 Å². The molecule has 0 spiro atoms. The number of methoxy groups -OCH3 is 1. The molecule has 0 saturated carbocycles. The molecular weight excluding hydrogens is 450 g/mol. The van der Waals surface area contributed by atoms with Crippen LogP contribution in [-0.4, -0.2) is 53.1 Å². The van der Waals surface area contributed by atoms with Gasteiger partial charge in [0, 0.05) is 37.8 Å². The highest BCUT2D eigenvalue weighted by molar-refractivity contribution is 9.10. The lowest BCUT2D eigenvalue weighted by molar-refractivity contribution is 0.0690. The van der Waals surface area contributed by atoms with Crippen molar-refractivity contribution in [2.24, 2.45) is 5.92 Å². The number of carbonyl (C=O) groups is 1. The second-order valence-electron chi connectivity index (χ2n) is 7.54. The van der Waals surface area contributed by atoms with E-state index >= 15 is 0 Å². The number of carboxylic acid groups (broad SMARTS) is 1. The maximum atomic E-state index is 11.8. The fraction of sp³-hybridized carbons (Fsp3) is 0.429. The van der Waals surface area contributed by atoms with Crippen molar-refractivity contribution in [3.8, 4) is 0 Å². The van der Waals surface area contributed by atoms with E-state index in [1.165, 1.54) is 0 Å². The van der Waals surface area contributed by atoms with Crippen LogP contribution < -0.4 is 10.2 Å². The highest BCUT2D eigenvalue weighted by Gasteiger charge is 2.27. The maximum Gasteiger partial charge on any atom is 0.354 e. The summed E-state index contributed by atoms with van der Waals surface area (Å²) in [6.45, 7) is 5.34. The molecule has 1 fully saturated rings. The number of rotatable bonds is 7. The van der Waals surface area contributed by atoms with Crippen molar-refractivity contribution in [3.63, 3.8) is 0 Å². The average Bonchev–Trinajstić information content (AvgIpc) is 2.72. The number of hydrogen-bond acceptors (Lipinski definition) is 7. The second-order valence-corrected chi connectivity index (χ2v) is 8.35. The molecule has 8 nitrogen and oxygen atoms in total. The molecule has 2 aromatic heterocycles. The molecule has 0 unspecified atom stereocenters. The van der Waals surface area contributed by atoms with Crippen molar-refractivity contribution >= 4 is 44.8 Å². The SMILES string of the molecule is COC1CCN(c2cc(C(=O)O)nc(Nc3ccnc(Br)c3)c2C(=N)C(C)C)CC1. The number of aromatic nitrogens is 2. The van der Waals surface area contributed by atoms with Gasteiger partial charge in [-0.15, -0.1) is 0 Å². The van der Waals surface area contributed by atoms with Crippen LogP contribution in [0, 0.1) is 11.3 Å². The summed E-state index contributed by atoms with van der Waals surface area (Å²) in [6.07, 6.45) is 3.52. The van der Waals surface area contributed by atoms with Gasteiger partial charge in [-0.3, -0.25) is 0 Å². The number of ether oxygens (including phenoxy) is 1. The highest BCUT2D eigenvalue weighted by Crippen LogP contribution is 2.34. The predicted molar refractivity (Wildman–Crippen MR) is 120 cm³/mol. The molecule has 1 aliphatic rings. The number of halogens is 1. The number of carboxylic acids is 1.